The first-order valence-electron chi connectivity index (χ1n) is 7.14. The minimum Gasteiger partial charge on any atom is -0.482 e. The van der Waals surface area contributed by atoms with E-state index in [1.54, 1.807) is 49.4 Å². The van der Waals surface area contributed by atoms with Gasteiger partial charge in [-0.2, -0.15) is 0 Å². The lowest BCUT2D eigenvalue weighted by atomic mass is 10.2. The molecule has 0 aliphatic heterocycles. The Morgan fingerprint density at radius 3 is 2.46 bits per heavy atom. The number of hydrogen-bond donors (Lipinski definition) is 1. The molecule has 1 N–H and O–H groups in total. The molecule has 0 aliphatic carbocycles. The largest absolute Gasteiger partial charge is 0.482 e. The molecule has 2 rings (SSSR count). The number of halogens is 2. The highest BCUT2D eigenvalue weighted by molar-refractivity contribution is 6.35. The summed E-state index contributed by atoms with van der Waals surface area (Å²) >= 11 is 11.9. The molecule has 2 aromatic carbocycles. The predicted molar refractivity (Wildman–Crippen MR) is 93.0 cm³/mol. The number of hydrogen-bond acceptors (Lipinski definition) is 4. The van der Waals surface area contributed by atoms with Crippen LogP contribution < -0.4 is 10.1 Å². The number of ether oxygens (including phenoxy) is 2. The van der Waals surface area contributed by atoms with Crippen LogP contribution in [0.5, 0.6) is 5.75 Å². The van der Waals surface area contributed by atoms with Crippen molar-refractivity contribution in [3.05, 3.63) is 58.1 Å². The first kappa shape index (κ1) is 18.1. The van der Waals surface area contributed by atoms with Crippen LogP contribution in [0, 0.1) is 0 Å². The molecule has 0 saturated carbocycles. The predicted octanol–water partition coefficient (Wildman–Crippen LogP) is 4.19. The van der Waals surface area contributed by atoms with Crippen molar-refractivity contribution < 1.29 is 19.1 Å². The molecule has 0 heterocycles. The van der Waals surface area contributed by atoms with Gasteiger partial charge in [0.25, 0.3) is 5.91 Å². The van der Waals surface area contributed by atoms with Gasteiger partial charge in [-0.05, 0) is 49.4 Å². The van der Waals surface area contributed by atoms with Crippen LogP contribution in [0.25, 0.3) is 0 Å². The molecule has 1 amide bonds. The Morgan fingerprint density at radius 1 is 1.08 bits per heavy atom. The van der Waals surface area contributed by atoms with E-state index >= 15 is 0 Å². The minimum atomic E-state index is -0.449. The summed E-state index contributed by atoms with van der Waals surface area (Å²) in [6.45, 7) is 1.84. The lowest BCUT2D eigenvalue weighted by Gasteiger charge is -2.09. The third-order valence-corrected chi connectivity index (χ3v) is 3.52. The fourth-order valence-electron chi connectivity index (χ4n) is 1.84. The number of anilines is 1. The standard InChI is InChI=1S/C17H15Cl2NO4/c1-2-23-16(21)10-24-13-6-3-11(4-7-13)17(22)20-15-9-12(18)5-8-14(15)19/h3-9H,2,10H2,1H3,(H,20,22). The number of benzene rings is 2. The minimum absolute atomic E-state index is 0.183. The molecular formula is C17H15Cl2NO4. The van der Waals surface area contributed by atoms with Gasteiger partial charge in [-0.25, -0.2) is 4.79 Å². The molecule has 0 atom stereocenters. The fraction of sp³-hybridized carbons (Fsp3) is 0.176. The molecule has 126 valence electrons. The highest BCUT2D eigenvalue weighted by atomic mass is 35.5. The highest BCUT2D eigenvalue weighted by Crippen LogP contribution is 2.26. The van der Waals surface area contributed by atoms with Gasteiger partial charge >= 0.3 is 5.97 Å². The summed E-state index contributed by atoms with van der Waals surface area (Å²) in [4.78, 5) is 23.4. The molecule has 0 radical (unpaired) electrons. The molecule has 2 aromatic rings. The third-order valence-electron chi connectivity index (χ3n) is 2.96. The molecular weight excluding hydrogens is 353 g/mol. The van der Waals surface area contributed by atoms with Crippen LogP contribution in [0.1, 0.15) is 17.3 Å². The molecule has 7 heteroatoms. The second-order valence-corrected chi connectivity index (χ2v) is 5.54. The van der Waals surface area contributed by atoms with Gasteiger partial charge in [-0.15, -0.1) is 0 Å². The number of carbonyl (C=O) groups excluding carboxylic acids is 2. The molecule has 0 aliphatic rings. The number of carbonyl (C=O) groups is 2. The Bertz CT molecular complexity index is 732. The van der Waals surface area contributed by atoms with Crippen LogP contribution in [0.3, 0.4) is 0 Å². The molecule has 0 bridgehead atoms. The van der Waals surface area contributed by atoms with Gasteiger partial charge in [-0.3, -0.25) is 4.79 Å². The molecule has 0 spiro atoms. The van der Waals surface area contributed by atoms with E-state index in [-0.39, 0.29) is 12.5 Å². The molecule has 0 aromatic heterocycles. The van der Waals surface area contributed by atoms with Crippen molar-refractivity contribution in [2.45, 2.75) is 6.92 Å². The first-order chi connectivity index (χ1) is 11.5. The molecule has 0 unspecified atom stereocenters. The zero-order chi connectivity index (χ0) is 17.5. The number of rotatable bonds is 6. The normalized spacial score (nSPS) is 10.1. The van der Waals surface area contributed by atoms with E-state index in [1.165, 1.54) is 0 Å². The summed E-state index contributed by atoms with van der Waals surface area (Å²) in [5, 5.41) is 3.54. The SMILES string of the molecule is CCOC(=O)COc1ccc(C(=O)Nc2cc(Cl)ccc2Cl)cc1. The molecule has 0 saturated heterocycles. The Morgan fingerprint density at radius 2 is 1.79 bits per heavy atom. The van der Waals surface area contributed by atoms with E-state index in [4.69, 9.17) is 32.7 Å². The number of amides is 1. The van der Waals surface area contributed by atoms with E-state index in [9.17, 15) is 9.59 Å². The van der Waals surface area contributed by atoms with E-state index in [0.29, 0.717) is 33.7 Å². The summed E-state index contributed by atoms with van der Waals surface area (Å²) in [6, 6.07) is 11.1. The second kappa shape index (κ2) is 8.57. The van der Waals surface area contributed by atoms with Crippen LogP contribution in [-0.2, 0) is 9.53 Å². The van der Waals surface area contributed by atoms with Crippen molar-refractivity contribution >= 4 is 40.8 Å². The highest BCUT2D eigenvalue weighted by Gasteiger charge is 2.10. The molecule has 5 nitrogen and oxygen atoms in total. The van der Waals surface area contributed by atoms with Crippen LogP contribution in [0.15, 0.2) is 42.5 Å². The molecule has 0 fully saturated rings. The van der Waals surface area contributed by atoms with Gasteiger partial charge in [0.2, 0.25) is 0 Å². The summed E-state index contributed by atoms with van der Waals surface area (Å²) in [6.07, 6.45) is 0. The monoisotopic (exact) mass is 367 g/mol. The topological polar surface area (TPSA) is 64.6 Å². The Kier molecular flexibility index (Phi) is 6.46. The average molecular weight is 368 g/mol. The zero-order valence-electron chi connectivity index (χ0n) is 12.8. The summed E-state index contributed by atoms with van der Waals surface area (Å²) in [5.41, 5.74) is 0.839. The average Bonchev–Trinajstić information content (AvgIpc) is 2.57. The quantitative estimate of drug-likeness (QED) is 0.777. The zero-order valence-corrected chi connectivity index (χ0v) is 14.4. The summed E-state index contributed by atoms with van der Waals surface area (Å²) in [5.74, 6) is -0.327. The third kappa shape index (κ3) is 5.15. The van der Waals surface area contributed by atoms with Crippen LogP contribution in [0.2, 0.25) is 10.0 Å². The van der Waals surface area contributed by atoms with Gasteiger partial charge in [0.15, 0.2) is 6.61 Å². The van der Waals surface area contributed by atoms with Gasteiger partial charge in [0.05, 0.1) is 17.3 Å². The Balaban J connectivity index is 1.98. The smallest absolute Gasteiger partial charge is 0.344 e. The van der Waals surface area contributed by atoms with Crippen molar-refractivity contribution in [1.82, 2.24) is 0 Å². The maximum atomic E-state index is 12.2. The fourth-order valence-corrected chi connectivity index (χ4v) is 2.17. The van der Waals surface area contributed by atoms with Gasteiger partial charge < -0.3 is 14.8 Å². The van der Waals surface area contributed by atoms with E-state index in [0.717, 1.165) is 0 Å². The molecule has 24 heavy (non-hydrogen) atoms. The van der Waals surface area contributed by atoms with Crippen molar-refractivity contribution in [2.75, 3.05) is 18.5 Å². The van der Waals surface area contributed by atoms with E-state index < -0.39 is 5.97 Å². The number of esters is 1. The summed E-state index contributed by atoms with van der Waals surface area (Å²) < 4.78 is 10.0. The van der Waals surface area contributed by atoms with Crippen LogP contribution >= 0.6 is 23.2 Å². The maximum absolute atomic E-state index is 12.2. The Labute approximate surface area is 149 Å². The second-order valence-electron chi connectivity index (χ2n) is 4.70. The van der Waals surface area contributed by atoms with E-state index in [2.05, 4.69) is 5.32 Å². The van der Waals surface area contributed by atoms with Gasteiger partial charge in [0.1, 0.15) is 5.75 Å². The lowest BCUT2D eigenvalue weighted by Crippen LogP contribution is -2.15. The van der Waals surface area contributed by atoms with Crippen molar-refractivity contribution in [2.24, 2.45) is 0 Å². The van der Waals surface area contributed by atoms with Crippen LogP contribution in [-0.4, -0.2) is 25.1 Å². The van der Waals surface area contributed by atoms with Crippen LogP contribution in [0.4, 0.5) is 5.69 Å². The Hall–Kier alpha value is -2.24. The van der Waals surface area contributed by atoms with Gasteiger partial charge in [-0.1, -0.05) is 23.2 Å². The van der Waals surface area contributed by atoms with E-state index in [1.807, 2.05) is 0 Å². The maximum Gasteiger partial charge on any atom is 0.344 e. The first-order valence-corrected chi connectivity index (χ1v) is 7.90. The van der Waals surface area contributed by atoms with Gasteiger partial charge in [0, 0.05) is 10.6 Å². The summed E-state index contributed by atoms with van der Waals surface area (Å²) in [7, 11) is 0. The lowest BCUT2D eigenvalue weighted by molar-refractivity contribution is -0.145. The van der Waals surface area contributed by atoms with Crippen molar-refractivity contribution in [1.29, 1.82) is 0 Å². The number of nitrogens with one attached hydrogen (secondary N) is 1. The van der Waals surface area contributed by atoms with Crippen molar-refractivity contribution in [3.8, 4) is 5.75 Å². The van der Waals surface area contributed by atoms with Crippen molar-refractivity contribution in [3.63, 3.8) is 0 Å².